The second kappa shape index (κ2) is 3.93. The lowest BCUT2D eigenvalue weighted by Crippen LogP contribution is -2.22. The highest BCUT2D eigenvalue weighted by molar-refractivity contribution is 7.90. The summed E-state index contributed by atoms with van der Waals surface area (Å²) in [7, 11) is -2.81. The van der Waals surface area contributed by atoms with Crippen molar-refractivity contribution in [3.63, 3.8) is 0 Å². The van der Waals surface area contributed by atoms with E-state index in [1.54, 1.807) is 0 Å². The van der Waals surface area contributed by atoms with Gasteiger partial charge in [0.25, 0.3) is 0 Å². The van der Waals surface area contributed by atoms with Crippen molar-refractivity contribution in [2.75, 3.05) is 12.0 Å². The van der Waals surface area contributed by atoms with E-state index in [0.717, 1.165) is 6.42 Å². The maximum atomic E-state index is 10.6. The molecule has 3 nitrogen and oxygen atoms in total. The van der Waals surface area contributed by atoms with Crippen LogP contribution in [0.2, 0.25) is 0 Å². The van der Waals surface area contributed by atoms with Gasteiger partial charge in [-0.15, -0.1) is 0 Å². The lowest BCUT2D eigenvalue weighted by atomic mass is 10.2. The standard InChI is InChI=1S/C6H15NO2S/c1-3-6(7)4-5-10(2,8)9/h6H,3-5,7H2,1-2H3. The molecular weight excluding hydrogens is 150 g/mol. The van der Waals surface area contributed by atoms with Crippen LogP contribution in [0.15, 0.2) is 0 Å². The van der Waals surface area contributed by atoms with Gasteiger partial charge in [0.05, 0.1) is 5.75 Å². The topological polar surface area (TPSA) is 60.2 Å². The average Bonchev–Trinajstić information content (AvgIpc) is 1.81. The molecule has 0 aromatic carbocycles. The van der Waals surface area contributed by atoms with Crippen LogP contribution in [0.5, 0.6) is 0 Å². The SMILES string of the molecule is CCC(N)CCS(C)(=O)=O. The first kappa shape index (κ1) is 9.91. The molecule has 0 aliphatic rings. The zero-order valence-electron chi connectivity index (χ0n) is 6.50. The number of nitrogens with two attached hydrogens (primary N) is 1. The maximum Gasteiger partial charge on any atom is 0.147 e. The number of rotatable bonds is 4. The van der Waals surface area contributed by atoms with Gasteiger partial charge in [-0.2, -0.15) is 0 Å². The Bertz CT molecular complexity index is 174. The van der Waals surface area contributed by atoms with Gasteiger partial charge in [-0.05, 0) is 12.8 Å². The fourth-order valence-corrected chi connectivity index (χ4v) is 1.30. The Morgan fingerprint density at radius 2 is 2.00 bits per heavy atom. The quantitative estimate of drug-likeness (QED) is 0.645. The van der Waals surface area contributed by atoms with Crippen molar-refractivity contribution in [2.45, 2.75) is 25.8 Å². The summed E-state index contributed by atoms with van der Waals surface area (Å²) in [6.45, 7) is 1.95. The lowest BCUT2D eigenvalue weighted by molar-refractivity contribution is 0.582. The molecule has 1 atom stereocenters. The monoisotopic (exact) mass is 165 g/mol. The molecule has 0 aliphatic carbocycles. The van der Waals surface area contributed by atoms with Crippen LogP contribution >= 0.6 is 0 Å². The minimum Gasteiger partial charge on any atom is -0.328 e. The normalized spacial score (nSPS) is 15.1. The fourth-order valence-electron chi connectivity index (χ4n) is 0.570. The molecule has 0 fully saturated rings. The van der Waals surface area contributed by atoms with Gasteiger partial charge in [-0.1, -0.05) is 6.92 Å². The summed E-state index contributed by atoms with van der Waals surface area (Å²) in [5, 5.41) is 0. The van der Waals surface area contributed by atoms with Crippen LogP contribution in [-0.2, 0) is 9.84 Å². The molecule has 0 radical (unpaired) electrons. The summed E-state index contributed by atoms with van der Waals surface area (Å²) >= 11 is 0. The van der Waals surface area contributed by atoms with Gasteiger partial charge in [0.2, 0.25) is 0 Å². The molecule has 0 aliphatic heterocycles. The highest BCUT2D eigenvalue weighted by Crippen LogP contribution is 1.96. The van der Waals surface area contributed by atoms with E-state index in [1.807, 2.05) is 6.92 Å². The van der Waals surface area contributed by atoms with Gasteiger partial charge in [-0.3, -0.25) is 0 Å². The predicted octanol–water partition coefficient (Wildman–Crippen LogP) is 0.158. The maximum absolute atomic E-state index is 10.6. The van der Waals surface area contributed by atoms with E-state index in [4.69, 9.17) is 5.73 Å². The van der Waals surface area contributed by atoms with Crippen LogP contribution in [0.1, 0.15) is 19.8 Å². The van der Waals surface area contributed by atoms with E-state index in [2.05, 4.69) is 0 Å². The Kier molecular flexibility index (Phi) is 3.89. The van der Waals surface area contributed by atoms with Crippen LogP contribution in [-0.4, -0.2) is 26.5 Å². The van der Waals surface area contributed by atoms with Gasteiger partial charge in [0, 0.05) is 12.3 Å². The van der Waals surface area contributed by atoms with Crippen molar-refractivity contribution in [1.82, 2.24) is 0 Å². The first-order valence-electron chi connectivity index (χ1n) is 3.39. The highest BCUT2D eigenvalue weighted by atomic mass is 32.2. The molecule has 1 unspecified atom stereocenters. The van der Waals surface area contributed by atoms with Gasteiger partial charge in [0.1, 0.15) is 9.84 Å². The molecule has 0 spiro atoms. The summed E-state index contributed by atoms with van der Waals surface area (Å²) in [6, 6.07) is 0.0368. The molecule has 0 saturated carbocycles. The molecule has 0 amide bonds. The third-order valence-electron chi connectivity index (χ3n) is 1.38. The zero-order chi connectivity index (χ0) is 8.20. The molecule has 0 bridgehead atoms. The Morgan fingerprint density at radius 3 is 2.30 bits per heavy atom. The van der Waals surface area contributed by atoms with Crippen LogP contribution in [0, 0.1) is 0 Å². The second-order valence-corrected chi connectivity index (χ2v) is 4.85. The molecular formula is C6H15NO2S. The molecule has 0 rings (SSSR count). The van der Waals surface area contributed by atoms with Gasteiger partial charge >= 0.3 is 0 Å². The Morgan fingerprint density at radius 1 is 1.50 bits per heavy atom. The average molecular weight is 165 g/mol. The summed E-state index contributed by atoms with van der Waals surface area (Å²) < 4.78 is 21.2. The Hall–Kier alpha value is -0.0900. The van der Waals surface area contributed by atoms with E-state index in [0.29, 0.717) is 6.42 Å². The van der Waals surface area contributed by atoms with E-state index in [1.165, 1.54) is 6.26 Å². The summed E-state index contributed by atoms with van der Waals surface area (Å²) in [6.07, 6.45) is 2.65. The molecule has 0 aromatic rings. The summed E-state index contributed by atoms with van der Waals surface area (Å²) in [4.78, 5) is 0. The van der Waals surface area contributed by atoms with Crippen molar-refractivity contribution in [2.24, 2.45) is 5.73 Å². The van der Waals surface area contributed by atoms with E-state index in [9.17, 15) is 8.42 Å². The third kappa shape index (κ3) is 6.04. The van der Waals surface area contributed by atoms with Crippen molar-refractivity contribution >= 4 is 9.84 Å². The third-order valence-corrected chi connectivity index (χ3v) is 2.36. The number of sulfone groups is 1. The predicted molar refractivity (Wildman–Crippen MR) is 42.6 cm³/mol. The Labute approximate surface area is 62.5 Å². The summed E-state index contributed by atoms with van der Waals surface area (Å²) in [5.41, 5.74) is 5.52. The van der Waals surface area contributed by atoms with Crippen LogP contribution in [0.4, 0.5) is 0 Å². The van der Waals surface area contributed by atoms with Crippen LogP contribution in [0.25, 0.3) is 0 Å². The van der Waals surface area contributed by atoms with Gasteiger partial charge in [0.15, 0.2) is 0 Å². The second-order valence-electron chi connectivity index (χ2n) is 2.59. The van der Waals surface area contributed by atoms with Crippen molar-refractivity contribution in [3.05, 3.63) is 0 Å². The van der Waals surface area contributed by atoms with Crippen LogP contribution < -0.4 is 5.73 Å². The van der Waals surface area contributed by atoms with Crippen molar-refractivity contribution in [1.29, 1.82) is 0 Å². The summed E-state index contributed by atoms with van der Waals surface area (Å²) in [5.74, 6) is 0.210. The Balaban J connectivity index is 3.56. The molecule has 4 heteroatoms. The molecule has 0 heterocycles. The molecule has 10 heavy (non-hydrogen) atoms. The fraction of sp³-hybridized carbons (Fsp3) is 1.00. The minimum absolute atomic E-state index is 0.0368. The smallest absolute Gasteiger partial charge is 0.147 e. The highest BCUT2D eigenvalue weighted by Gasteiger charge is 2.05. The van der Waals surface area contributed by atoms with E-state index in [-0.39, 0.29) is 11.8 Å². The molecule has 0 aromatic heterocycles. The van der Waals surface area contributed by atoms with E-state index >= 15 is 0 Å². The van der Waals surface area contributed by atoms with Crippen molar-refractivity contribution < 1.29 is 8.42 Å². The number of hydrogen-bond donors (Lipinski definition) is 1. The first-order chi connectivity index (χ1) is 4.45. The molecule has 62 valence electrons. The van der Waals surface area contributed by atoms with Gasteiger partial charge < -0.3 is 5.73 Å². The molecule has 2 N–H and O–H groups in total. The minimum atomic E-state index is -2.81. The lowest BCUT2D eigenvalue weighted by Gasteiger charge is -2.05. The van der Waals surface area contributed by atoms with Gasteiger partial charge in [-0.25, -0.2) is 8.42 Å². The number of hydrogen-bond acceptors (Lipinski definition) is 3. The largest absolute Gasteiger partial charge is 0.328 e. The molecule has 0 saturated heterocycles. The van der Waals surface area contributed by atoms with E-state index < -0.39 is 9.84 Å². The van der Waals surface area contributed by atoms with Crippen LogP contribution in [0.3, 0.4) is 0 Å². The van der Waals surface area contributed by atoms with Crippen molar-refractivity contribution in [3.8, 4) is 0 Å². The zero-order valence-corrected chi connectivity index (χ0v) is 7.32. The first-order valence-corrected chi connectivity index (χ1v) is 5.45.